The van der Waals surface area contributed by atoms with Gasteiger partial charge < -0.3 is 9.47 Å². The molecular weight excluding hydrogens is 176 g/mol. The van der Waals surface area contributed by atoms with Crippen molar-refractivity contribution in [1.82, 2.24) is 0 Å². The number of benzene rings is 1. The van der Waals surface area contributed by atoms with Crippen molar-refractivity contribution in [2.24, 2.45) is 0 Å². The summed E-state index contributed by atoms with van der Waals surface area (Å²) in [5.41, 5.74) is 0. The number of ether oxygens (including phenoxy) is 2. The van der Waals surface area contributed by atoms with Crippen LogP contribution in [0, 0.1) is 0 Å². The molecule has 1 unspecified atom stereocenters. The first-order valence-corrected chi connectivity index (χ1v) is 5.07. The fourth-order valence-corrected chi connectivity index (χ4v) is 1.30. The summed E-state index contributed by atoms with van der Waals surface area (Å²) >= 11 is 0. The third-order valence-electron chi connectivity index (χ3n) is 2.12. The largest absolute Gasteiger partial charge is 0.491 e. The molecule has 1 aromatic rings. The van der Waals surface area contributed by atoms with Crippen LogP contribution in [0.4, 0.5) is 0 Å². The molecule has 0 aliphatic heterocycles. The fourth-order valence-electron chi connectivity index (χ4n) is 1.30. The number of hydrogen-bond acceptors (Lipinski definition) is 2. The molecule has 0 fully saturated rings. The van der Waals surface area contributed by atoms with Crippen molar-refractivity contribution in [3.8, 4) is 5.75 Å². The smallest absolute Gasteiger partial charge is 0.119 e. The standard InChI is InChI=1S/C12H18O2/c1-3-7-12(13-2)10-14-11-8-5-4-6-9-11/h4-6,8-9,12H,3,7,10H2,1-2H3. The molecule has 1 aromatic carbocycles. The Labute approximate surface area is 85.8 Å². The Morgan fingerprint density at radius 1 is 1.21 bits per heavy atom. The third kappa shape index (κ3) is 3.79. The first-order chi connectivity index (χ1) is 6.86. The van der Waals surface area contributed by atoms with Crippen molar-refractivity contribution in [2.45, 2.75) is 25.9 Å². The first-order valence-electron chi connectivity index (χ1n) is 5.07. The molecular formula is C12H18O2. The second kappa shape index (κ2) is 6.44. The molecule has 14 heavy (non-hydrogen) atoms. The molecule has 0 aromatic heterocycles. The maximum atomic E-state index is 5.59. The van der Waals surface area contributed by atoms with Gasteiger partial charge in [0.2, 0.25) is 0 Å². The molecule has 2 heteroatoms. The Morgan fingerprint density at radius 2 is 1.93 bits per heavy atom. The van der Waals surface area contributed by atoms with Crippen LogP contribution in [0.25, 0.3) is 0 Å². The summed E-state index contributed by atoms with van der Waals surface area (Å²) in [5.74, 6) is 0.908. The molecule has 0 saturated carbocycles. The van der Waals surface area contributed by atoms with Crippen LogP contribution in [0.3, 0.4) is 0 Å². The highest BCUT2D eigenvalue weighted by atomic mass is 16.5. The topological polar surface area (TPSA) is 18.5 Å². The van der Waals surface area contributed by atoms with Crippen molar-refractivity contribution in [1.29, 1.82) is 0 Å². The van der Waals surface area contributed by atoms with Crippen LogP contribution in [-0.2, 0) is 4.74 Å². The highest BCUT2D eigenvalue weighted by molar-refractivity contribution is 5.20. The SMILES string of the molecule is CCCC(COc1ccccc1)OC. The maximum Gasteiger partial charge on any atom is 0.119 e. The van der Waals surface area contributed by atoms with E-state index < -0.39 is 0 Å². The van der Waals surface area contributed by atoms with Crippen molar-refractivity contribution >= 4 is 0 Å². The van der Waals surface area contributed by atoms with Crippen LogP contribution in [0.5, 0.6) is 5.75 Å². The van der Waals surface area contributed by atoms with Gasteiger partial charge in [0.25, 0.3) is 0 Å². The van der Waals surface area contributed by atoms with E-state index in [0.717, 1.165) is 18.6 Å². The molecule has 1 atom stereocenters. The molecule has 0 aliphatic carbocycles. The minimum atomic E-state index is 0.209. The summed E-state index contributed by atoms with van der Waals surface area (Å²) in [6.07, 6.45) is 2.38. The monoisotopic (exact) mass is 194 g/mol. The van der Waals surface area contributed by atoms with Gasteiger partial charge in [-0.15, -0.1) is 0 Å². The number of hydrogen-bond donors (Lipinski definition) is 0. The van der Waals surface area contributed by atoms with E-state index in [0.29, 0.717) is 6.61 Å². The minimum Gasteiger partial charge on any atom is -0.491 e. The third-order valence-corrected chi connectivity index (χ3v) is 2.12. The average molecular weight is 194 g/mol. The first kappa shape index (κ1) is 11.1. The predicted octanol–water partition coefficient (Wildman–Crippen LogP) is 2.88. The predicted molar refractivity (Wildman–Crippen MR) is 57.6 cm³/mol. The number of methoxy groups -OCH3 is 1. The van der Waals surface area contributed by atoms with E-state index in [1.54, 1.807) is 7.11 Å². The van der Waals surface area contributed by atoms with Gasteiger partial charge in [-0.05, 0) is 18.6 Å². The van der Waals surface area contributed by atoms with Crippen molar-refractivity contribution in [3.05, 3.63) is 30.3 Å². The Kier molecular flexibility index (Phi) is 5.08. The highest BCUT2D eigenvalue weighted by Gasteiger charge is 2.06. The van der Waals surface area contributed by atoms with E-state index in [9.17, 15) is 0 Å². The lowest BCUT2D eigenvalue weighted by molar-refractivity contribution is 0.0516. The van der Waals surface area contributed by atoms with Gasteiger partial charge in [-0.1, -0.05) is 31.5 Å². The lowest BCUT2D eigenvalue weighted by Crippen LogP contribution is -2.19. The summed E-state index contributed by atoms with van der Waals surface area (Å²) in [5, 5.41) is 0. The van der Waals surface area contributed by atoms with E-state index in [-0.39, 0.29) is 6.10 Å². The molecule has 2 nitrogen and oxygen atoms in total. The molecule has 1 rings (SSSR count). The van der Waals surface area contributed by atoms with Crippen LogP contribution in [0.1, 0.15) is 19.8 Å². The normalized spacial score (nSPS) is 12.4. The summed E-state index contributed by atoms with van der Waals surface area (Å²) in [6.45, 7) is 2.78. The van der Waals surface area contributed by atoms with Gasteiger partial charge in [-0.3, -0.25) is 0 Å². The molecule has 0 radical (unpaired) electrons. The van der Waals surface area contributed by atoms with Crippen molar-refractivity contribution in [3.63, 3.8) is 0 Å². The van der Waals surface area contributed by atoms with Crippen LogP contribution < -0.4 is 4.74 Å². The molecule has 0 N–H and O–H groups in total. The van der Waals surface area contributed by atoms with Crippen LogP contribution in [-0.4, -0.2) is 19.8 Å². The summed E-state index contributed by atoms with van der Waals surface area (Å²) in [7, 11) is 1.73. The summed E-state index contributed by atoms with van der Waals surface area (Å²) < 4.78 is 10.9. The second-order valence-corrected chi connectivity index (χ2v) is 3.27. The summed E-state index contributed by atoms with van der Waals surface area (Å²) in [6, 6.07) is 9.83. The minimum absolute atomic E-state index is 0.209. The lowest BCUT2D eigenvalue weighted by atomic mass is 10.2. The lowest BCUT2D eigenvalue weighted by Gasteiger charge is -2.15. The van der Waals surface area contributed by atoms with E-state index >= 15 is 0 Å². The Morgan fingerprint density at radius 3 is 2.50 bits per heavy atom. The average Bonchev–Trinajstić information content (AvgIpc) is 2.25. The van der Waals surface area contributed by atoms with Gasteiger partial charge in [0.1, 0.15) is 12.4 Å². The summed E-state index contributed by atoms with van der Waals surface area (Å²) in [4.78, 5) is 0. The quantitative estimate of drug-likeness (QED) is 0.693. The Bertz CT molecular complexity index is 233. The molecule has 0 aliphatic rings. The van der Waals surface area contributed by atoms with E-state index in [1.165, 1.54) is 0 Å². The van der Waals surface area contributed by atoms with Gasteiger partial charge >= 0.3 is 0 Å². The van der Waals surface area contributed by atoms with Crippen molar-refractivity contribution < 1.29 is 9.47 Å². The van der Waals surface area contributed by atoms with Crippen LogP contribution in [0.15, 0.2) is 30.3 Å². The molecule has 0 spiro atoms. The Hall–Kier alpha value is -1.02. The fraction of sp³-hybridized carbons (Fsp3) is 0.500. The maximum absolute atomic E-state index is 5.59. The number of rotatable bonds is 6. The Balaban J connectivity index is 2.32. The van der Waals surface area contributed by atoms with E-state index in [2.05, 4.69) is 6.92 Å². The number of para-hydroxylation sites is 1. The second-order valence-electron chi connectivity index (χ2n) is 3.27. The van der Waals surface area contributed by atoms with Gasteiger partial charge in [-0.25, -0.2) is 0 Å². The van der Waals surface area contributed by atoms with E-state index in [4.69, 9.17) is 9.47 Å². The zero-order valence-electron chi connectivity index (χ0n) is 8.90. The van der Waals surface area contributed by atoms with Crippen molar-refractivity contribution in [2.75, 3.05) is 13.7 Å². The molecule has 0 amide bonds. The molecule has 0 saturated heterocycles. The van der Waals surface area contributed by atoms with Gasteiger partial charge in [-0.2, -0.15) is 0 Å². The molecule has 0 heterocycles. The molecule has 0 bridgehead atoms. The zero-order valence-corrected chi connectivity index (χ0v) is 8.90. The van der Waals surface area contributed by atoms with E-state index in [1.807, 2.05) is 30.3 Å². The highest BCUT2D eigenvalue weighted by Crippen LogP contribution is 2.10. The van der Waals surface area contributed by atoms with Crippen LogP contribution in [0.2, 0.25) is 0 Å². The zero-order chi connectivity index (χ0) is 10.2. The van der Waals surface area contributed by atoms with Gasteiger partial charge in [0.05, 0.1) is 6.10 Å². The van der Waals surface area contributed by atoms with Gasteiger partial charge in [0.15, 0.2) is 0 Å². The molecule has 78 valence electrons. The van der Waals surface area contributed by atoms with Gasteiger partial charge in [0, 0.05) is 7.11 Å². The van der Waals surface area contributed by atoms with Crippen LogP contribution >= 0.6 is 0 Å².